The highest BCUT2D eigenvalue weighted by Gasteiger charge is 2.16. The van der Waals surface area contributed by atoms with Gasteiger partial charge in [-0.05, 0) is 12.1 Å². The van der Waals surface area contributed by atoms with Gasteiger partial charge in [0, 0.05) is 17.8 Å². The maximum absolute atomic E-state index is 10.6. The molecule has 6 nitrogen and oxygen atoms in total. The lowest BCUT2D eigenvalue weighted by Gasteiger charge is -2.11. The van der Waals surface area contributed by atoms with Crippen molar-refractivity contribution >= 4 is 17.0 Å². The first-order chi connectivity index (χ1) is 8.61. The minimum Gasteiger partial charge on any atom is -0.481 e. The van der Waals surface area contributed by atoms with Crippen LogP contribution in [0, 0.1) is 0 Å². The van der Waals surface area contributed by atoms with Crippen molar-refractivity contribution in [1.82, 2.24) is 9.97 Å². The standard InChI is InChI=1S/C12H12N2O4/c1-18-10-3-2-8-12(14-10)7(4-5-13-8)9(15)6-11(16)17/h2-5,9,15H,6H2,1H3,(H,16,17)/t9-/m0/s1. The molecule has 2 rings (SSSR count). The van der Waals surface area contributed by atoms with Crippen LogP contribution >= 0.6 is 0 Å². The molecule has 94 valence electrons. The zero-order valence-electron chi connectivity index (χ0n) is 9.70. The summed E-state index contributed by atoms with van der Waals surface area (Å²) in [6, 6.07) is 4.92. The topological polar surface area (TPSA) is 92.5 Å². The van der Waals surface area contributed by atoms with Gasteiger partial charge < -0.3 is 14.9 Å². The average molecular weight is 248 g/mol. The number of hydrogen-bond donors (Lipinski definition) is 2. The number of aliphatic hydroxyl groups is 1. The summed E-state index contributed by atoms with van der Waals surface area (Å²) in [5, 5.41) is 18.6. The molecule has 0 fully saturated rings. The molecule has 0 aliphatic heterocycles. The maximum atomic E-state index is 10.6. The molecule has 0 saturated heterocycles. The number of methoxy groups -OCH3 is 1. The normalized spacial score (nSPS) is 12.3. The Kier molecular flexibility index (Phi) is 3.38. The summed E-state index contributed by atoms with van der Waals surface area (Å²) in [7, 11) is 1.48. The Labute approximate surface area is 103 Å². The molecule has 0 saturated carbocycles. The molecule has 0 radical (unpaired) electrons. The molecular weight excluding hydrogens is 236 g/mol. The van der Waals surface area contributed by atoms with Crippen LogP contribution in [-0.4, -0.2) is 33.3 Å². The number of fused-ring (bicyclic) bond motifs is 1. The van der Waals surface area contributed by atoms with Crippen LogP contribution in [0.2, 0.25) is 0 Å². The van der Waals surface area contributed by atoms with E-state index in [1.807, 2.05) is 0 Å². The summed E-state index contributed by atoms with van der Waals surface area (Å²) < 4.78 is 5.00. The predicted molar refractivity (Wildman–Crippen MR) is 63.3 cm³/mol. The molecule has 0 unspecified atom stereocenters. The second-order valence-electron chi connectivity index (χ2n) is 3.74. The molecule has 6 heteroatoms. The second-order valence-corrected chi connectivity index (χ2v) is 3.74. The molecule has 1 atom stereocenters. The van der Waals surface area contributed by atoms with Crippen LogP contribution in [-0.2, 0) is 4.79 Å². The molecule has 0 spiro atoms. The zero-order chi connectivity index (χ0) is 13.1. The lowest BCUT2D eigenvalue weighted by molar-refractivity contribution is -0.139. The number of rotatable bonds is 4. The number of ether oxygens (including phenoxy) is 1. The first kappa shape index (κ1) is 12.3. The van der Waals surface area contributed by atoms with Gasteiger partial charge in [-0.2, -0.15) is 0 Å². The fourth-order valence-electron chi connectivity index (χ4n) is 1.69. The summed E-state index contributed by atoms with van der Waals surface area (Å²) in [4.78, 5) is 18.9. The van der Waals surface area contributed by atoms with Gasteiger partial charge in [-0.25, -0.2) is 4.98 Å². The molecule has 18 heavy (non-hydrogen) atoms. The van der Waals surface area contributed by atoms with Crippen molar-refractivity contribution in [2.24, 2.45) is 0 Å². The molecule has 2 heterocycles. The van der Waals surface area contributed by atoms with Gasteiger partial charge in [-0.1, -0.05) is 0 Å². The van der Waals surface area contributed by atoms with Gasteiger partial charge >= 0.3 is 5.97 Å². The summed E-state index contributed by atoms with van der Waals surface area (Å²) in [5.41, 5.74) is 1.46. The van der Waals surface area contributed by atoms with Crippen LogP contribution in [0.4, 0.5) is 0 Å². The molecule has 0 bridgehead atoms. The summed E-state index contributed by atoms with van der Waals surface area (Å²) in [6.07, 6.45) is 0.0159. The van der Waals surface area contributed by atoms with Crippen LogP contribution < -0.4 is 4.74 Å². The van der Waals surface area contributed by atoms with Crippen LogP contribution in [0.25, 0.3) is 11.0 Å². The summed E-state index contributed by atoms with van der Waals surface area (Å²) in [5.74, 6) is -0.686. The number of nitrogens with zero attached hydrogens (tertiary/aromatic N) is 2. The van der Waals surface area contributed by atoms with Crippen molar-refractivity contribution in [3.63, 3.8) is 0 Å². The third-order valence-electron chi connectivity index (χ3n) is 2.53. The van der Waals surface area contributed by atoms with Gasteiger partial charge in [-0.3, -0.25) is 9.78 Å². The lowest BCUT2D eigenvalue weighted by atomic mass is 10.1. The van der Waals surface area contributed by atoms with Gasteiger partial charge in [0.05, 0.1) is 30.7 Å². The number of aliphatic hydroxyl groups excluding tert-OH is 1. The van der Waals surface area contributed by atoms with Crippen LogP contribution in [0.3, 0.4) is 0 Å². The van der Waals surface area contributed by atoms with E-state index in [0.29, 0.717) is 22.5 Å². The van der Waals surface area contributed by atoms with Gasteiger partial charge in [-0.15, -0.1) is 0 Å². The van der Waals surface area contributed by atoms with E-state index in [9.17, 15) is 9.90 Å². The number of carbonyl (C=O) groups is 1. The lowest BCUT2D eigenvalue weighted by Crippen LogP contribution is -2.07. The van der Waals surface area contributed by atoms with Crippen LogP contribution in [0.5, 0.6) is 5.88 Å². The highest BCUT2D eigenvalue weighted by atomic mass is 16.5. The van der Waals surface area contributed by atoms with Gasteiger partial charge in [0.2, 0.25) is 5.88 Å². The number of carboxylic acids is 1. The van der Waals surface area contributed by atoms with E-state index in [1.165, 1.54) is 13.3 Å². The smallest absolute Gasteiger partial charge is 0.306 e. The SMILES string of the molecule is COc1ccc2nccc([C@@H](O)CC(=O)O)c2n1. The Balaban J connectivity index is 2.52. The van der Waals surface area contributed by atoms with E-state index >= 15 is 0 Å². The van der Waals surface area contributed by atoms with Crippen molar-refractivity contribution in [1.29, 1.82) is 0 Å². The summed E-state index contributed by atoms with van der Waals surface area (Å²) >= 11 is 0. The highest BCUT2D eigenvalue weighted by Crippen LogP contribution is 2.25. The third kappa shape index (κ3) is 2.38. The highest BCUT2D eigenvalue weighted by molar-refractivity contribution is 5.79. The first-order valence-corrected chi connectivity index (χ1v) is 5.31. The van der Waals surface area contributed by atoms with Crippen molar-refractivity contribution in [3.05, 3.63) is 30.0 Å². The fraction of sp³-hybridized carbons (Fsp3) is 0.250. The van der Waals surface area contributed by atoms with E-state index in [1.54, 1.807) is 18.2 Å². The van der Waals surface area contributed by atoms with E-state index in [0.717, 1.165) is 0 Å². The number of aromatic nitrogens is 2. The summed E-state index contributed by atoms with van der Waals surface area (Å²) in [6.45, 7) is 0. The number of carboxylic acid groups (broad SMARTS) is 1. The molecule has 0 aliphatic rings. The minimum atomic E-state index is -1.12. The monoisotopic (exact) mass is 248 g/mol. The molecule has 2 aromatic rings. The quantitative estimate of drug-likeness (QED) is 0.843. The number of pyridine rings is 2. The number of hydrogen-bond acceptors (Lipinski definition) is 5. The van der Waals surface area contributed by atoms with Crippen LogP contribution in [0.15, 0.2) is 24.4 Å². The first-order valence-electron chi connectivity index (χ1n) is 5.31. The predicted octanol–water partition coefficient (Wildman–Crippen LogP) is 1.15. The number of aliphatic carboxylic acids is 1. The van der Waals surface area contributed by atoms with Crippen molar-refractivity contribution < 1.29 is 19.7 Å². The fourth-order valence-corrected chi connectivity index (χ4v) is 1.69. The zero-order valence-corrected chi connectivity index (χ0v) is 9.70. The molecule has 0 aromatic carbocycles. The maximum Gasteiger partial charge on any atom is 0.306 e. The van der Waals surface area contributed by atoms with Gasteiger partial charge in [0.1, 0.15) is 0 Å². The van der Waals surface area contributed by atoms with E-state index in [2.05, 4.69) is 9.97 Å². The minimum absolute atomic E-state index is 0.377. The average Bonchev–Trinajstić information content (AvgIpc) is 2.36. The Bertz CT molecular complexity index is 585. The molecule has 0 aliphatic carbocycles. The molecule has 2 N–H and O–H groups in total. The van der Waals surface area contributed by atoms with E-state index < -0.39 is 12.1 Å². The molecular formula is C12H12N2O4. The largest absolute Gasteiger partial charge is 0.481 e. The second kappa shape index (κ2) is 4.97. The Morgan fingerprint density at radius 3 is 2.89 bits per heavy atom. The van der Waals surface area contributed by atoms with Crippen molar-refractivity contribution in [2.45, 2.75) is 12.5 Å². The molecule has 2 aromatic heterocycles. The Morgan fingerprint density at radius 2 is 2.22 bits per heavy atom. The van der Waals surface area contributed by atoms with Crippen molar-refractivity contribution in [3.8, 4) is 5.88 Å². The van der Waals surface area contributed by atoms with Crippen molar-refractivity contribution in [2.75, 3.05) is 7.11 Å². The third-order valence-corrected chi connectivity index (χ3v) is 2.53. The van der Waals surface area contributed by atoms with E-state index in [4.69, 9.17) is 9.84 Å². The van der Waals surface area contributed by atoms with Gasteiger partial charge in [0.15, 0.2) is 0 Å². The van der Waals surface area contributed by atoms with Crippen LogP contribution in [0.1, 0.15) is 18.1 Å². The van der Waals surface area contributed by atoms with Gasteiger partial charge in [0.25, 0.3) is 0 Å². The molecule has 0 amide bonds. The Hall–Kier alpha value is -2.21. The van der Waals surface area contributed by atoms with E-state index in [-0.39, 0.29) is 6.42 Å². The Morgan fingerprint density at radius 1 is 1.44 bits per heavy atom.